The van der Waals surface area contributed by atoms with E-state index in [9.17, 15) is 10.1 Å². The molecular weight excluding hydrogens is 416 g/mol. The summed E-state index contributed by atoms with van der Waals surface area (Å²) in [5, 5.41) is 18.7. The fourth-order valence-electron chi connectivity index (χ4n) is 3.94. The first-order valence-electron chi connectivity index (χ1n) is 10.6. The lowest BCUT2D eigenvalue weighted by Gasteiger charge is -2.34. The average Bonchev–Trinajstić information content (AvgIpc) is 2.78. The number of rotatable bonds is 9. The van der Waals surface area contributed by atoms with E-state index >= 15 is 0 Å². The number of carbonyl (C=O) groups is 1. The third kappa shape index (κ3) is 6.56. The molecule has 2 aromatic rings. The number of anilines is 1. The Morgan fingerprint density at radius 3 is 2.71 bits per heavy atom. The molecule has 0 bridgehead atoms. The second-order valence-electron chi connectivity index (χ2n) is 7.96. The van der Waals surface area contributed by atoms with Crippen LogP contribution in [0.25, 0.3) is 0 Å². The van der Waals surface area contributed by atoms with Gasteiger partial charge in [-0.3, -0.25) is 4.79 Å². The monoisotopic (exact) mass is 442 g/mol. The summed E-state index contributed by atoms with van der Waals surface area (Å²) in [5.74, 6) is 1.67. The van der Waals surface area contributed by atoms with E-state index in [1.165, 1.54) is 0 Å². The number of hydrogen-bond acceptors (Lipinski definition) is 6. The van der Waals surface area contributed by atoms with Gasteiger partial charge in [-0.15, -0.1) is 0 Å². The maximum absolute atomic E-state index is 10.8. The fourth-order valence-corrected chi connectivity index (χ4v) is 4.04. The fraction of sp³-hybridized carbons (Fsp3) is 0.478. The maximum Gasteiger partial charge on any atom is 0.303 e. The maximum atomic E-state index is 10.8. The second-order valence-corrected chi connectivity index (χ2v) is 8.40. The van der Waals surface area contributed by atoms with E-state index < -0.39 is 5.97 Å². The number of aromatic nitrogens is 2. The summed E-state index contributed by atoms with van der Waals surface area (Å²) in [4.78, 5) is 21.6. The molecule has 1 aliphatic heterocycles. The minimum atomic E-state index is -0.871. The first-order valence-corrected chi connectivity index (χ1v) is 10.9. The Morgan fingerprint density at radius 1 is 1.35 bits per heavy atom. The number of carboxylic acids is 1. The van der Waals surface area contributed by atoms with Gasteiger partial charge in [-0.05, 0) is 55.2 Å². The number of nitriles is 1. The molecule has 0 spiro atoms. The van der Waals surface area contributed by atoms with Crippen LogP contribution >= 0.6 is 11.6 Å². The van der Waals surface area contributed by atoms with Crippen LogP contribution in [0.1, 0.15) is 43.7 Å². The lowest BCUT2D eigenvalue weighted by atomic mass is 9.84. The van der Waals surface area contributed by atoms with Crippen molar-refractivity contribution in [3.8, 4) is 11.8 Å². The van der Waals surface area contributed by atoms with Gasteiger partial charge in [0.25, 0.3) is 0 Å². The number of benzene rings is 1. The third-order valence-electron chi connectivity index (χ3n) is 5.89. The van der Waals surface area contributed by atoms with Crippen molar-refractivity contribution in [2.75, 3.05) is 24.6 Å². The quantitative estimate of drug-likeness (QED) is 0.616. The Labute approximate surface area is 187 Å². The number of aliphatic carboxylic acids is 1. The molecule has 7 nitrogen and oxygen atoms in total. The highest BCUT2D eigenvalue weighted by Crippen LogP contribution is 2.29. The van der Waals surface area contributed by atoms with E-state index in [0.29, 0.717) is 41.2 Å². The molecule has 2 heterocycles. The van der Waals surface area contributed by atoms with Crippen molar-refractivity contribution in [3.05, 3.63) is 46.7 Å². The molecule has 1 aliphatic rings. The normalized spacial score (nSPS) is 15.3. The van der Waals surface area contributed by atoms with Crippen LogP contribution < -0.4 is 9.64 Å². The Hall–Kier alpha value is -2.85. The molecule has 0 saturated carbocycles. The van der Waals surface area contributed by atoms with Crippen LogP contribution in [0.5, 0.6) is 5.75 Å². The molecule has 1 aromatic carbocycles. The third-order valence-corrected chi connectivity index (χ3v) is 6.08. The van der Waals surface area contributed by atoms with E-state index in [4.69, 9.17) is 21.4 Å². The molecule has 0 amide bonds. The van der Waals surface area contributed by atoms with Crippen molar-refractivity contribution in [1.82, 2.24) is 9.97 Å². The molecular formula is C23H27ClN4O3. The highest BCUT2D eigenvalue weighted by atomic mass is 35.5. The van der Waals surface area contributed by atoms with Crippen molar-refractivity contribution in [1.29, 1.82) is 5.26 Å². The molecule has 1 atom stereocenters. The van der Waals surface area contributed by atoms with Crippen molar-refractivity contribution in [2.45, 2.75) is 39.0 Å². The number of carboxylic acid groups (broad SMARTS) is 1. The van der Waals surface area contributed by atoms with Gasteiger partial charge in [0, 0.05) is 19.5 Å². The number of nitrogens with zero attached hydrogens (tertiary/aromatic N) is 4. The minimum Gasteiger partial charge on any atom is -0.494 e. The SMILES string of the molecule is C[C@H](CCOc1ccc(CCC(=O)O)c(C#N)c1)C1CCN(c2ncc(Cl)cn2)CC1. The molecule has 0 aliphatic carbocycles. The predicted octanol–water partition coefficient (Wildman–Crippen LogP) is 4.34. The summed E-state index contributed by atoms with van der Waals surface area (Å²) >= 11 is 5.87. The average molecular weight is 443 g/mol. The molecule has 1 aromatic heterocycles. The molecule has 164 valence electrons. The van der Waals surface area contributed by atoms with Gasteiger partial charge in [0.2, 0.25) is 5.95 Å². The Balaban J connectivity index is 1.44. The zero-order chi connectivity index (χ0) is 22.2. The molecule has 1 fully saturated rings. The van der Waals surface area contributed by atoms with Crippen molar-refractivity contribution in [3.63, 3.8) is 0 Å². The van der Waals surface area contributed by atoms with E-state index in [-0.39, 0.29) is 6.42 Å². The summed E-state index contributed by atoms with van der Waals surface area (Å²) in [6.07, 6.45) is 6.72. The number of halogens is 1. The predicted molar refractivity (Wildman–Crippen MR) is 118 cm³/mol. The summed E-state index contributed by atoms with van der Waals surface area (Å²) in [6.45, 7) is 4.71. The molecule has 8 heteroatoms. The van der Waals surface area contributed by atoms with Crippen molar-refractivity contribution < 1.29 is 14.6 Å². The molecule has 1 N–H and O–H groups in total. The van der Waals surface area contributed by atoms with Gasteiger partial charge < -0.3 is 14.7 Å². The summed E-state index contributed by atoms with van der Waals surface area (Å²) in [5.41, 5.74) is 1.21. The number of piperidine rings is 1. The van der Waals surface area contributed by atoms with Crippen LogP contribution in [0.2, 0.25) is 5.02 Å². The van der Waals surface area contributed by atoms with Crippen LogP contribution in [0, 0.1) is 23.2 Å². The Bertz CT molecular complexity index is 921. The molecule has 31 heavy (non-hydrogen) atoms. The van der Waals surface area contributed by atoms with Gasteiger partial charge in [0.1, 0.15) is 5.75 Å². The zero-order valence-corrected chi connectivity index (χ0v) is 18.4. The van der Waals surface area contributed by atoms with Gasteiger partial charge in [-0.2, -0.15) is 5.26 Å². The van der Waals surface area contributed by atoms with Crippen molar-refractivity contribution >= 4 is 23.5 Å². The Morgan fingerprint density at radius 2 is 2.06 bits per heavy atom. The first kappa shape index (κ1) is 22.8. The van der Waals surface area contributed by atoms with E-state index in [0.717, 1.165) is 43.9 Å². The van der Waals surface area contributed by atoms with Crippen molar-refractivity contribution in [2.24, 2.45) is 11.8 Å². The van der Waals surface area contributed by atoms with E-state index in [1.807, 2.05) is 6.07 Å². The molecule has 1 saturated heterocycles. The lowest BCUT2D eigenvalue weighted by Crippen LogP contribution is -2.36. The summed E-state index contributed by atoms with van der Waals surface area (Å²) in [7, 11) is 0. The number of aryl methyl sites for hydroxylation is 1. The first-order chi connectivity index (χ1) is 15.0. The molecule has 0 radical (unpaired) electrons. The summed E-state index contributed by atoms with van der Waals surface area (Å²) < 4.78 is 5.88. The van der Waals surface area contributed by atoms with Gasteiger partial charge in [0.15, 0.2) is 0 Å². The lowest BCUT2D eigenvalue weighted by molar-refractivity contribution is -0.136. The summed E-state index contributed by atoms with van der Waals surface area (Å²) in [6, 6.07) is 7.44. The smallest absolute Gasteiger partial charge is 0.303 e. The molecule has 0 unspecified atom stereocenters. The largest absolute Gasteiger partial charge is 0.494 e. The van der Waals surface area contributed by atoms with Gasteiger partial charge in [-0.25, -0.2) is 9.97 Å². The Kier molecular flexibility index (Phi) is 8.07. The second kappa shape index (κ2) is 11.0. The standard InChI is InChI=1S/C23H27ClN4O3/c1-16(17-6-9-28(10-7-17)23-26-14-20(24)15-27-23)8-11-31-21-4-2-18(3-5-22(29)30)19(12-21)13-25/h2,4,12,14-17H,3,5-11H2,1H3,(H,29,30)/t16-/m1/s1. The highest BCUT2D eigenvalue weighted by Gasteiger charge is 2.25. The van der Waals surface area contributed by atoms with Crippen LogP contribution in [0.4, 0.5) is 5.95 Å². The number of ether oxygens (including phenoxy) is 1. The van der Waals surface area contributed by atoms with E-state index in [2.05, 4.69) is 27.9 Å². The van der Waals surface area contributed by atoms with Crippen LogP contribution in [-0.2, 0) is 11.2 Å². The van der Waals surface area contributed by atoms with Gasteiger partial charge >= 0.3 is 5.97 Å². The zero-order valence-electron chi connectivity index (χ0n) is 17.6. The van der Waals surface area contributed by atoms with Gasteiger partial charge in [0.05, 0.1) is 35.7 Å². The topological polar surface area (TPSA) is 99.3 Å². The minimum absolute atomic E-state index is 0.00928. The highest BCUT2D eigenvalue weighted by molar-refractivity contribution is 6.30. The van der Waals surface area contributed by atoms with Crippen LogP contribution in [0.15, 0.2) is 30.6 Å². The van der Waals surface area contributed by atoms with E-state index in [1.54, 1.807) is 24.5 Å². The van der Waals surface area contributed by atoms with Crippen LogP contribution in [-0.4, -0.2) is 40.7 Å². The van der Waals surface area contributed by atoms with Crippen LogP contribution in [0.3, 0.4) is 0 Å². The van der Waals surface area contributed by atoms with Gasteiger partial charge in [-0.1, -0.05) is 24.6 Å². The molecule has 3 rings (SSSR count). The number of hydrogen-bond donors (Lipinski definition) is 1.